The molecular weight excluding hydrogens is 387 g/mol. The fourth-order valence-electron chi connectivity index (χ4n) is 3.93. The highest BCUT2D eigenvalue weighted by molar-refractivity contribution is 6.07. The van der Waals surface area contributed by atoms with E-state index >= 15 is 0 Å². The van der Waals surface area contributed by atoms with Gasteiger partial charge in [-0.05, 0) is 49.6 Å². The lowest BCUT2D eigenvalue weighted by molar-refractivity contribution is 0.102. The first-order chi connectivity index (χ1) is 14.4. The van der Waals surface area contributed by atoms with E-state index in [1.165, 1.54) is 34.4 Å². The molecule has 7 nitrogen and oxygen atoms in total. The third-order valence-electron chi connectivity index (χ3n) is 5.64. The largest absolute Gasteiger partial charge is 0.370 e. The van der Waals surface area contributed by atoms with Gasteiger partial charge in [-0.15, -0.1) is 0 Å². The number of fused-ring (bicyclic) bond motifs is 1. The number of aromatic nitrogens is 2. The number of hydrogen-bond donors (Lipinski definition) is 1. The summed E-state index contributed by atoms with van der Waals surface area (Å²) in [5, 5.41) is 2.87. The maximum Gasteiger partial charge on any atom is 0.316 e. The van der Waals surface area contributed by atoms with Crippen LogP contribution in [0.3, 0.4) is 0 Å². The zero-order chi connectivity index (χ0) is 21.4. The summed E-state index contributed by atoms with van der Waals surface area (Å²) < 4.78 is 16.2. The SMILES string of the molecule is Cn1c(=O)c(=O)n(C)c2cc(N3CCCCC3)c(NC(=O)c3cccc(F)c3)cc21. The Morgan fingerprint density at radius 3 is 2.20 bits per heavy atom. The summed E-state index contributed by atoms with van der Waals surface area (Å²) in [4.78, 5) is 39.5. The molecule has 0 aliphatic carbocycles. The van der Waals surface area contributed by atoms with E-state index in [1.807, 2.05) is 6.07 Å². The van der Waals surface area contributed by atoms with Crippen LogP contribution in [0.2, 0.25) is 0 Å². The van der Waals surface area contributed by atoms with Gasteiger partial charge in [0.15, 0.2) is 0 Å². The first kappa shape index (κ1) is 19.9. The van der Waals surface area contributed by atoms with Crippen LogP contribution in [-0.4, -0.2) is 28.1 Å². The van der Waals surface area contributed by atoms with Crippen LogP contribution in [0.5, 0.6) is 0 Å². The monoisotopic (exact) mass is 410 g/mol. The predicted octanol–water partition coefficient (Wildman–Crippen LogP) is 2.62. The number of hydrogen-bond acceptors (Lipinski definition) is 4. The molecule has 2 aromatic carbocycles. The molecule has 1 aromatic heterocycles. The van der Waals surface area contributed by atoms with Gasteiger partial charge in [0.1, 0.15) is 5.82 Å². The van der Waals surface area contributed by atoms with E-state index < -0.39 is 22.8 Å². The highest BCUT2D eigenvalue weighted by Crippen LogP contribution is 2.32. The summed E-state index contributed by atoms with van der Waals surface area (Å²) in [5.74, 6) is -0.934. The van der Waals surface area contributed by atoms with Gasteiger partial charge in [-0.3, -0.25) is 14.4 Å². The van der Waals surface area contributed by atoms with E-state index in [9.17, 15) is 18.8 Å². The van der Waals surface area contributed by atoms with Crippen LogP contribution in [0.25, 0.3) is 11.0 Å². The zero-order valence-electron chi connectivity index (χ0n) is 16.9. The van der Waals surface area contributed by atoms with E-state index in [0.717, 1.165) is 38.0 Å². The maximum absolute atomic E-state index is 13.6. The number of nitrogens with zero attached hydrogens (tertiary/aromatic N) is 3. The van der Waals surface area contributed by atoms with Crippen LogP contribution in [0.1, 0.15) is 29.6 Å². The van der Waals surface area contributed by atoms with Gasteiger partial charge in [0, 0.05) is 32.7 Å². The van der Waals surface area contributed by atoms with Gasteiger partial charge in [0.05, 0.1) is 22.4 Å². The molecule has 30 heavy (non-hydrogen) atoms. The van der Waals surface area contributed by atoms with E-state index in [4.69, 9.17) is 0 Å². The van der Waals surface area contributed by atoms with Gasteiger partial charge in [-0.25, -0.2) is 4.39 Å². The van der Waals surface area contributed by atoms with Crippen LogP contribution in [0, 0.1) is 5.82 Å². The molecule has 0 saturated carbocycles. The number of rotatable bonds is 3. The number of carbonyl (C=O) groups is 1. The quantitative estimate of drug-likeness (QED) is 0.674. The molecule has 1 aliphatic heterocycles. The molecule has 1 aliphatic rings. The van der Waals surface area contributed by atoms with Gasteiger partial charge in [-0.2, -0.15) is 0 Å². The Morgan fingerprint density at radius 1 is 0.933 bits per heavy atom. The molecule has 1 saturated heterocycles. The number of nitrogens with one attached hydrogen (secondary N) is 1. The number of carbonyl (C=O) groups excluding carboxylic acids is 1. The van der Waals surface area contributed by atoms with Crippen molar-refractivity contribution in [3.05, 3.63) is 68.5 Å². The standard InChI is InChI=1S/C22H23FN4O3/c1-25-18-12-16(24-20(28)14-7-6-8-15(23)11-14)17(27-9-4-3-5-10-27)13-19(18)26(2)22(30)21(25)29/h6-8,11-13H,3-5,9-10H2,1-2H3,(H,24,28). The smallest absolute Gasteiger partial charge is 0.316 e. The molecular formula is C22H23FN4O3. The highest BCUT2D eigenvalue weighted by Gasteiger charge is 2.20. The lowest BCUT2D eigenvalue weighted by atomic mass is 10.1. The number of anilines is 2. The average molecular weight is 410 g/mol. The van der Waals surface area contributed by atoms with Crippen LogP contribution >= 0.6 is 0 Å². The lowest BCUT2D eigenvalue weighted by Gasteiger charge is -2.31. The summed E-state index contributed by atoms with van der Waals surface area (Å²) >= 11 is 0. The third-order valence-corrected chi connectivity index (χ3v) is 5.64. The minimum Gasteiger partial charge on any atom is -0.370 e. The summed E-state index contributed by atoms with van der Waals surface area (Å²) in [6.07, 6.45) is 3.20. The highest BCUT2D eigenvalue weighted by atomic mass is 19.1. The van der Waals surface area contributed by atoms with Gasteiger partial charge in [0.2, 0.25) is 0 Å². The van der Waals surface area contributed by atoms with E-state index in [2.05, 4.69) is 10.2 Å². The Bertz CT molecular complexity index is 1260. The zero-order valence-corrected chi connectivity index (χ0v) is 16.9. The fourth-order valence-corrected chi connectivity index (χ4v) is 3.93. The summed E-state index contributed by atoms with van der Waals surface area (Å²) in [7, 11) is 3.10. The molecule has 4 rings (SSSR count). The minimum atomic E-state index is -0.641. The molecule has 0 atom stereocenters. The first-order valence-corrected chi connectivity index (χ1v) is 9.92. The first-order valence-electron chi connectivity index (χ1n) is 9.92. The van der Waals surface area contributed by atoms with Crippen molar-refractivity contribution in [2.24, 2.45) is 14.1 Å². The van der Waals surface area contributed by atoms with Crippen molar-refractivity contribution >= 4 is 28.3 Å². The molecule has 1 N–H and O–H groups in total. The van der Waals surface area contributed by atoms with Crippen LogP contribution in [-0.2, 0) is 14.1 Å². The molecule has 1 fully saturated rings. The van der Waals surface area contributed by atoms with Gasteiger partial charge in [0.25, 0.3) is 5.91 Å². The van der Waals surface area contributed by atoms with Crippen molar-refractivity contribution in [2.45, 2.75) is 19.3 Å². The van der Waals surface area contributed by atoms with Gasteiger partial charge < -0.3 is 19.4 Å². The molecule has 3 aromatic rings. The summed E-state index contributed by atoms with van der Waals surface area (Å²) in [5.41, 5.74) is 1.38. The molecule has 0 bridgehead atoms. The molecule has 156 valence electrons. The van der Waals surface area contributed by atoms with Crippen molar-refractivity contribution in [3.63, 3.8) is 0 Å². The second-order valence-electron chi connectivity index (χ2n) is 7.60. The Hall–Kier alpha value is -3.42. The number of aryl methyl sites for hydroxylation is 2. The van der Waals surface area contributed by atoms with Gasteiger partial charge >= 0.3 is 11.1 Å². The summed E-state index contributed by atoms with van der Waals surface area (Å²) in [6, 6.07) is 9.02. The van der Waals surface area contributed by atoms with Crippen molar-refractivity contribution in [2.75, 3.05) is 23.3 Å². The molecule has 0 radical (unpaired) electrons. The summed E-state index contributed by atoms with van der Waals surface area (Å²) in [6.45, 7) is 1.65. The minimum absolute atomic E-state index is 0.203. The number of amides is 1. The number of piperidine rings is 1. The molecule has 2 heterocycles. The second-order valence-corrected chi connectivity index (χ2v) is 7.60. The number of halogens is 1. The third kappa shape index (κ3) is 3.49. The van der Waals surface area contributed by atoms with Gasteiger partial charge in [-0.1, -0.05) is 6.07 Å². The second kappa shape index (κ2) is 7.78. The normalized spacial score (nSPS) is 14.2. The maximum atomic E-state index is 13.6. The van der Waals surface area contributed by atoms with Crippen molar-refractivity contribution < 1.29 is 9.18 Å². The Labute approximate surface area is 172 Å². The van der Waals surface area contributed by atoms with E-state index in [0.29, 0.717) is 16.7 Å². The average Bonchev–Trinajstić information content (AvgIpc) is 2.76. The van der Waals surface area contributed by atoms with E-state index in [1.54, 1.807) is 19.2 Å². The molecule has 1 amide bonds. The number of benzene rings is 2. The Balaban J connectivity index is 1.88. The molecule has 0 spiro atoms. The van der Waals surface area contributed by atoms with Crippen LogP contribution < -0.4 is 21.3 Å². The predicted molar refractivity (Wildman–Crippen MR) is 115 cm³/mol. The van der Waals surface area contributed by atoms with E-state index in [-0.39, 0.29) is 5.56 Å². The molecule has 0 unspecified atom stereocenters. The van der Waals surface area contributed by atoms with Crippen molar-refractivity contribution in [3.8, 4) is 0 Å². The Morgan fingerprint density at radius 2 is 1.57 bits per heavy atom. The lowest BCUT2D eigenvalue weighted by Crippen LogP contribution is -2.39. The van der Waals surface area contributed by atoms with Crippen LogP contribution in [0.4, 0.5) is 15.8 Å². The fraction of sp³-hybridized carbons (Fsp3) is 0.318. The van der Waals surface area contributed by atoms with Crippen LogP contribution in [0.15, 0.2) is 46.0 Å². The molecule has 8 heteroatoms. The van der Waals surface area contributed by atoms with Crippen molar-refractivity contribution in [1.29, 1.82) is 0 Å². The topological polar surface area (TPSA) is 76.3 Å². The Kier molecular flexibility index (Phi) is 5.15. The van der Waals surface area contributed by atoms with Crippen molar-refractivity contribution in [1.82, 2.24) is 9.13 Å².